The normalized spacial score (nSPS) is 17.2. The molecule has 0 unspecified atom stereocenters. The summed E-state index contributed by atoms with van der Waals surface area (Å²) in [5, 5.41) is 3.33. The molecule has 3 rings (SSSR count). The molecule has 0 aliphatic carbocycles. The molecule has 0 radical (unpaired) electrons. The van der Waals surface area contributed by atoms with Gasteiger partial charge < -0.3 is 9.73 Å². The minimum Gasteiger partial charge on any atom is -0.467 e. The van der Waals surface area contributed by atoms with Gasteiger partial charge in [-0.05, 0) is 35.9 Å². The smallest absolute Gasteiger partial charge is 0.125 e. The zero-order valence-corrected chi connectivity index (χ0v) is 13.8. The van der Waals surface area contributed by atoms with Crippen LogP contribution in [-0.4, -0.2) is 31.1 Å². The molecule has 1 atom stereocenters. The number of halogens is 3. The van der Waals surface area contributed by atoms with Gasteiger partial charge >= 0.3 is 0 Å². The highest BCUT2D eigenvalue weighted by Crippen LogP contribution is 2.34. The summed E-state index contributed by atoms with van der Waals surface area (Å²) in [4.78, 5) is 2.31. The average molecular weight is 376 g/mol. The number of nitrogens with zero attached hydrogens (tertiary/aromatic N) is 1. The molecule has 1 saturated heterocycles. The minimum atomic E-state index is -0.227. The van der Waals surface area contributed by atoms with E-state index in [1.54, 1.807) is 18.4 Å². The second-order valence-corrected chi connectivity index (χ2v) is 5.72. The lowest BCUT2D eigenvalue weighted by Gasteiger charge is -2.34. The number of piperazine rings is 1. The monoisotopic (exact) mass is 374 g/mol. The zero-order valence-electron chi connectivity index (χ0n) is 11.4. The van der Waals surface area contributed by atoms with Gasteiger partial charge in [0.05, 0.1) is 12.3 Å². The van der Waals surface area contributed by atoms with E-state index >= 15 is 0 Å². The van der Waals surface area contributed by atoms with Crippen molar-refractivity contribution in [3.63, 3.8) is 0 Å². The van der Waals surface area contributed by atoms with Crippen LogP contribution in [0.5, 0.6) is 0 Å². The number of hydrogen-bond donors (Lipinski definition) is 1. The van der Waals surface area contributed by atoms with E-state index in [4.69, 9.17) is 4.42 Å². The Hall–Kier alpha value is -0.880. The van der Waals surface area contributed by atoms with Crippen molar-refractivity contribution in [3.05, 3.63) is 58.2 Å². The lowest BCUT2D eigenvalue weighted by molar-refractivity contribution is 0.179. The molecule has 1 aliphatic rings. The Morgan fingerprint density at radius 1 is 1.24 bits per heavy atom. The van der Waals surface area contributed by atoms with Crippen LogP contribution in [0.1, 0.15) is 17.4 Å². The Morgan fingerprint density at radius 2 is 2.00 bits per heavy atom. The first-order valence-corrected chi connectivity index (χ1v) is 7.48. The molecule has 21 heavy (non-hydrogen) atoms. The molecule has 6 heteroatoms. The van der Waals surface area contributed by atoms with Crippen LogP contribution >= 0.6 is 28.3 Å². The third-order valence-electron chi connectivity index (χ3n) is 3.58. The lowest BCUT2D eigenvalue weighted by Crippen LogP contribution is -2.45. The van der Waals surface area contributed by atoms with Crippen molar-refractivity contribution in [2.45, 2.75) is 6.04 Å². The topological polar surface area (TPSA) is 28.4 Å². The summed E-state index contributed by atoms with van der Waals surface area (Å²) in [6.45, 7) is 3.69. The predicted molar refractivity (Wildman–Crippen MR) is 86.3 cm³/mol. The Balaban J connectivity index is 0.00000161. The van der Waals surface area contributed by atoms with Gasteiger partial charge in [0.15, 0.2) is 0 Å². The number of nitrogens with one attached hydrogen (secondary N) is 1. The summed E-state index contributed by atoms with van der Waals surface area (Å²) in [5.74, 6) is 0.619. The molecule has 1 aliphatic heterocycles. The van der Waals surface area contributed by atoms with Crippen molar-refractivity contribution in [2.75, 3.05) is 26.2 Å². The first-order chi connectivity index (χ1) is 9.75. The van der Waals surface area contributed by atoms with Gasteiger partial charge in [0.1, 0.15) is 11.6 Å². The standard InChI is InChI=1S/C15H16BrFN2O.ClH/c16-13-4-3-11(17)10-12(13)15(14-2-1-9-20-14)19-7-5-18-6-8-19;/h1-4,9-10,15,18H,5-8H2;1H/t15-;/m1./s1. The predicted octanol–water partition coefficient (Wildman–Crippen LogP) is 3.60. The Morgan fingerprint density at radius 3 is 2.67 bits per heavy atom. The number of rotatable bonds is 3. The van der Waals surface area contributed by atoms with Crippen molar-refractivity contribution < 1.29 is 8.81 Å². The van der Waals surface area contributed by atoms with Gasteiger partial charge in [-0.3, -0.25) is 4.90 Å². The van der Waals surface area contributed by atoms with Crippen LogP contribution in [0.25, 0.3) is 0 Å². The van der Waals surface area contributed by atoms with Gasteiger partial charge in [-0.25, -0.2) is 4.39 Å². The highest BCUT2D eigenvalue weighted by molar-refractivity contribution is 9.10. The van der Waals surface area contributed by atoms with Crippen molar-refractivity contribution >= 4 is 28.3 Å². The third kappa shape index (κ3) is 3.66. The molecule has 2 aromatic rings. The molecular weight excluding hydrogens is 359 g/mol. The Labute approximate surface area is 138 Å². The lowest BCUT2D eigenvalue weighted by atomic mass is 10.0. The summed E-state index contributed by atoms with van der Waals surface area (Å²) in [6, 6.07) is 8.56. The van der Waals surface area contributed by atoms with Gasteiger partial charge in [0.25, 0.3) is 0 Å². The molecule has 2 heterocycles. The van der Waals surface area contributed by atoms with Crippen LogP contribution in [0.2, 0.25) is 0 Å². The van der Waals surface area contributed by atoms with E-state index in [-0.39, 0.29) is 24.3 Å². The molecule has 1 aromatic heterocycles. The molecule has 1 N–H and O–H groups in total. The quantitative estimate of drug-likeness (QED) is 0.888. The van der Waals surface area contributed by atoms with Crippen LogP contribution in [0.3, 0.4) is 0 Å². The molecule has 1 aromatic carbocycles. The molecule has 0 spiro atoms. The number of furan rings is 1. The van der Waals surface area contributed by atoms with E-state index in [2.05, 4.69) is 26.1 Å². The van der Waals surface area contributed by atoms with Crippen LogP contribution in [-0.2, 0) is 0 Å². The van der Waals surface area contributed by atoms with Crippen molar-refractivity contribution in [1.82, 2.24) is 10.2 Å². The maximum atomic E-state index is 13.6. The molecule has 114 valence electrons. The van der Waals surface area contributed by atoms with Crippen molar-refractivity contribution in [2.24, 2.45) is 0 Å². The fourth-order valence-electron chi connectivity index (χ4n) is 2.64. The average Bonchev–Trinajstić information content (AvgIpc) is 2.98. The molecule has 0 amide bonds. The van der Waals surface area contributed by atoms with Crippen molar-refractivity contribution in [1.29, 1.82) is 0 Å². The van der Waals surface area contributed by atoms with Crippen LogP contribution in [0.4, 0.5) is 4.39 Å². The van der Waals surface area contributed by atoms with Crippen LogP contribution in [0.15, 0.2) is 45.5 Å². The van der Waals surface area contributed by atoms with Crippen LogP contribution < -0.4 is 5.32 Å². The van der Waals surface area contributed by atoms with E-state index in [1.165, 1.54) is 6.07 Å². The van der Waals surface area contributed by atoms with E-state index in [1.807, 2.05) is 12.1 Å². The first-order valence-electron chi connectivity index (χ1n) is 6.69. The molecule has 0 bridgehead atoms. The molecule has 1 fully saturated rings. The van der Waals surface area contributed by atoms with Gasteiger partial charge in [0, 0.05) is 30.7 Å². The SMILES string of the molecule is Cl.Fc1ccc(Br)c([C@H](c2ccco2)N2CCNCC2)c1. The summed E-state index contributed by atoms with van der Waals surface area (Å²) in [7, 11) is 0. The molecule has 3 nitrogen and oxygen atoms in total. The van der Waals surface area contributed by atoms with Crippen LogP contribution in [0, 0.1) is 5.82 Å². The summed E-state index contributed by atoms with van der Waals surface area (Å²) in [6.07, 6.45) is 1.66. The van der Waals surface area contributed by atoms with Gasteiger partial charge in [0.2, 0.25) is 0 Å². The summed E-state index contributed by atoms with van der Waals surface area (Å²) in [5.41, 5.74) is 0.904. The van der Waals surface area contributed by atoms with Gasteiger partial charge in [-0.15, -0.1) is 12.4 Å². The summed E-state index contributed by atoms with van der Waals surface area (Å²) >= 11 is 3.53. The first kappa shape index (κ1) is 16.5. The number of hydrogen-bond acceptors (Lipinski definition) is 3. The molecule has 0 saturated carbocycles. The van der Waals surface area contributed by atoms with Gasteiger partial charge in [-0.2, -0.15) is 0 Å². The fourth-order valence-corrected chi connectivity index (χ4v) is 3.10. The third-order valence-corrected chi connectivity index (χ3v) is 4.30. The van der Waals surface area contributed by atoms with Gasteiger partial charge in [-0.1, -0.05) is 15.9 Å². The van der Waals surface area contributed by atoms with E-state index in [9.17, 15) is 4.39 Å². The fraction of sp³-hybridized carbons (Fsp3) is 0.333. The highest BCUT2D eigenvalue weighted by atomic mass is 79.9. The van der Waals surface area contributed by atoms with Crippen molar-refractivity contribution in [3.8, 4) is 0 Å². The second-order valence-electron chi connectivity index (χ2n) is 4.87. The second kappa shape index (κ2) is 7.40. The molecular formula is C15H17BrClFN2O. The largest absolute Gasteiger partial charge is 0.467 e. The van der Waals surface area contributed by atoms with E-state index < -0.39 is 0 Å². The zero-order chi connectivity index (χ0) is 13.9. The van der Waals surface area contributed by atoms with E-state index in [0.29, 0.717) is 0 Å². The van der Waals surface area contributed by atoms with E-state index in [0.717, 1.165) is 42.0 Å². The number of benzene rings is 1. The Bertz CT molecular complexity index is 573. The Kier molecular flexibility index (Phi) is 5.81. The summed E-state index contributed by atoms with van der Waals surface area (Å²) < 4.78 is 20.1. The maximum Gasteiger partial charge on any atom is 0.125 e. The highest BCUT2D eigenvalue weighted by Gasteiger charge is 2.27. The minimum absolute atomic E-state index is 0. The maximum absolute atomic E-state index is 13.6.